The number of piperidine rings is 1. The maximum absolute atomic E-state index is 12.7. The number of thiophene rings is 1. The van der Waals surface area contributed by atoms with Gasteiger partial charge in [0.05, 0.1) is 5.92 Å². The van der Waals surface area contributed by atoms with Crippen LogP contribution in [-0.2, 0) is 14.8 Å². The highest BCUT2D eigenvalue weighted by atomic mass is 32.2. The standard InChI is InChI=1S/C16H22N4O3S4/c1-11(2)10-25-16-19-18-15(26-16)17-14(21)12-5-3-7-20(9-12)27(22,23)13-6-4-8-24-13/h4,6,8,11-12H,3,5,7,9-10H2,1-2H3,(H,17,18,21)/t12-/m0/s1. The largest absolute Gasteiger partial charge is 0.300 e. The Kier molecular flexibility index (Phi) is 6.90. The first-order valence-corrected chi connectivity index (χ1v) is 12.8. The minimum atomic E-state index is -3.53. The number of sulfonamides is 1. The zero-order valence-corrected chi connectivity index (χ0v) is 18.4. The summed E-state index contributed by atoms with van der Waals surface area (Å²) in [4.78, 5) is 12.6. The molecule has 0 bridgehead atoms. The molecule has 1 aliphatic rings. The molecule has 0 unspecified atom stereocenters. The molecule has 0 aliphatic carbocycles. The molecular weight excluding hydrogens is 424 g/mol. The number of rotatable bonds is 7. The topological polar surface area (TPSA) is 92.3 Å². The van der Waals surface area contributed by atoms with Crippen LogP contribution in [-0.4, -0.2) is 47.7 Å². The van der Waals surface area contributed by atoms with Gasteiger partial charge in [-0.3, -0.25) is 4.79 Å². The van der Waals surface area contributed by atoms with Gasteiger partial charge in [0, 0.05) is 18.8 Å². The van der Waals surface area contributed by atoms with E-state index in [0.717, 1.165) is 10.1 Å². The third-order valence-corrected chi connectivity index (χ3v) is 9.66. The Morgan fingerprint density at radius 2 is 2.26 bits per heavy atom. The smallest absolute Gasteiger partial charge is 0.252 e. The van der Waals surface area contributed by atoms with Crippen LogP contribution in [0.15, 0.2) is 26.1 Å². The lowest BCUT2D eigenvalue weighted by Gasteiger charge is -2.30. The third-order valence-electron chi connectivity index (χ3n) is 4.02. The first-order valence-electron chi connectivity index (χ1n) is 8.67. The first-order chi connectivity index (χ1) is 12.9. The summed E-state index contributed by atoms with van der Waals surface area (Å²) in [5.41, 5.74) is 0. The minimum absolute atomic E-state index is 0.194. The normalized spacial score (nSPS) is 18.7. The SMILES string of the molecule is CC(C)CSc1nnc(NC(=O)[C@H]2CCCN(S(=O)(=O)c3cccs3)C2)s1. The van der Waals surface area contributed by atoms with Crippen molar-refractivity contribution in [2.45, 2.75) is 35.2 Å². The quantitative estimate of drug-likeness (QED) is 0.518. The fraction of sp³-hybridized carbons (Fsp3) is 0.562. The van der Waals surface area contributed by atoms with Gasteiger partial charge < -0.3 is 5.32 Å². The molecule has 148 valence electrons. The van der Waals surface area contributed by atoms with E-state index in [1.54, 1.807) is 29.3 Å². The van der Waals surface area contributed by atoms with Gasteiger partial charge in [0.1, 0.15) is 4.21 Å². The summed E-state index contributed by atoms with van der Waals surface area (Å²) in [6.45, 7) is 4.91. The van der Waals surface area contributed by atoms with Crippen LogP contribution < -0.4 is 5.32 Å². The molecule has 27 heavy (non-hydrogen) atoms. The van der Waals surface area contributed by atoms with Crippen molar-refractivity contribution >= 4 is 55.5 Å². The molecule has 1 amide bonds. The average molecular weight is 447 g/mol. The van der Waals surface area contributed by atoms with Crippen LogP contribution in [0.4, 0.5) is 5.13 Å². The van der Waals surface area contributed by atoms with Crippen molar-refractivity contribution in [2.24, 2.45) is 11.8 Å². The van der Waals surface area contributed by atoms with Crippen molar-refractivity contribution in [1.29, 1.82) is 0 Å². The van der Waals surface area contributed by atoms with Gasteiger partial charge in [0.2, 0.25) is 11.0 Å². The van der Waals surface area contributed by atoms with Crippen LogP contribution >= 0.6 is 34.4 Å². The number of aromatic nitrogens is 2. The lowest BCUT2D eigenvalue weighted by molar-refractivity contribution is -0.120. The van der Waals surface area contributed by atoms with Gasteiger partial charge >= 0.3 is 0 Å². The molecule has 1 N–H and O–H groups in total. The summed E-state index contributed by atoms with van der Waals surface area (Å²) in [5.74, 6) is 0.915. The molecule has 0 radical (unpaired) electrons. The molecule has 3 heterocycles. The van der Waals surface area contributed by atoms with Crippen molar-refractivity contribution in [3.05, 3.63) is 17.5 Å². The van der Waals surface area contributed by atoms with Crippen molar-refractivity contribution in [2.75, 3.05) is 24.2 Å². The van der Waals surface area contributed by atoms with Crippen LogP contribution in [0.5, 0.6) is 0 Å². The van der Waals surface area contributed by atoms with Crippen molar-refractivity contribution in [3.8, 4) is 0 Å². The molecule has 0 aromatic carbocycles. The number of hydrogen-bond donors (Lipinski definition) is 1. The van der Waals surface area contributed by atoms with E-state index in [1.165, 1.54) is 27.0 Å². The van der Waals surface area contributed by atoms with Gasteiger partial charge in [-0.2, -0.15) is 4.31 Å². The van der Waals surface area contributed by atoms with E-state index in [0.29, 0.717) is 34.6 Å². The molecule has 1 atom stereocenters. The number of anilines is 1. The highest BCUT2D eigenvalue weighted by Gasteiger charge is 2.34. The molecule has 11 heteroatoms. The number of carbonyl (C=O) groups excluding carboxylic acids is 1. The molecule has 2 aromatic rings. The first kappa shape index (κ1) is 20.7. The van der Waals surface area contributed by atoms with E-state index in [4.69, 9.17) is 0 Å². The van der Waals surface area contributed by atoms with Gasteiger partial charge in [0.15, 0.2) is 4.34 Å². The molecule has 1 aliphatic heterocycles. The zero-order chi connectivity index (χ0) is 19.4. The summed E-state index contributed by atoms with van der Waals surface area (Å²) in [6, 6.07) is 3.32. The highest BCUT2D eigenvalue weighted by molar-refractivity contribution is 8.01. The Hall–Kier alpha value is -1.01. The van der Waals surface area contributed by atoms with E-state index in [2.05, 4.69) is 29.4 Å². The van der Waals surface area contributed by atoms with Gasteiger partial charge in [-0.1, -0.05) is 43.0 Å². The number of thioether (sulfide) groups is 1. The maximum atomic E-state index is 12.7. The second kappa shape index (κ2) is 8.99. The predicted octanol–water partition coefficient (Wildman–Crippen LogP) is 3.39. The number of nitrogens with zero attached hydrogens (tertiary/aromatic N) is 3. The molecule has 0 saturated carbocycles. The Morgan fingerprint density at radius 1 is 1.44 bits per heavy atom. The summed E-state index contributed by atoms with van der Waals surface area (Å²) < 4.78 is 27.9. The summed E-state index contributed by atoms with van der Waals surface area (Å²) in [5, 5.41) is 13.1. The monoisotopic (exact) mass is 446 g/mol. The lowest BCUT2D eigenvalue weighted by Crippen LogP contribution is -2.43. The number of carbonyl (C=O) groups is 1. The fourth-order valence-electron chi connectivity index (χ4n) is 2.68. The summed E-state index contributed by atoms with van der Waals surface area (Å²) >= 11 is 4.17. The molecule has 1 saturated heterocycles. The predicted molar refractivity (Wildman–Crippen MR) is 110 cm³/mol. The Bertz CT molecular complexity index is 864. The van der Waals surface area contributed by atoms with E-state index in [-0.39, 0.29) is 18.4 Å². The van der Waals surface area contributed by atoms with Crippen LogP contribution in [0.25, 0.3) is 0 Å². The Morgan fingerprint density at radius 3 is 2.96 bits per heavy atom. The van der Waals surface area contributed by atoms with Gasteiger partial charge in [0.25, 0.3) is 10.0 Å². The summed E-state index contributed by atoms with van der Waals surface area (Å²) in [6.07, 6.45) is 1.32. The molecule has 2 aromatic heterocycles. The average Bonchev–Trinajstić information content (AvgIpc) is 3.32. The lowest BCUT2D eigenvalue weighted by atomic mass is 9.99. The minimum Gasteiger partial charge on any atom is -0.300 e. The zero-order valence-electron chi connectivity index (χ0n) is 15.1. The van der Waals surface area contributed by atoms with E-state index < -0.39 is 10.0 Å². The Balaban J connectivity index is 1.60. The van der Waals surface area contributed by atoms with Crippen LogP contribution in [0.1, 0.15) is 26.7 Å². The fourth-order valence-corrected chi connectivity index (χ4v) is 7.08. The van der Waals surface area contributed by atoms with Crippen LogP contribution in [0, 0.1) is 11.8 Å². The number of nitrogens with one attached hydrogen (secondary N) is 1. The van der Waals surface area contributed by atoms with Crippen molar-refractivity contribution < 1.29 is 13.2 Å². The third kappa shape index (κ3) is 5.29. The highest BCUT2D eigenvalue weighted by Crippen LogP contribution is 2.29. The van der Waals surface area contributed by atoms with Crippen molar-refractivity contribution in [1.82, 2.24) is 14.5 Å². The van der Waals surface area contributed by atoms with Crippen molar-refractivity contribution in [3.63, 3.8) is 0 Å². The van der Waals surface area contributed by atoms with E-state index in [9.17, 15) is 13.2 Å². The van der Waals surface area contributed by atoms with Gasteiger partial charge in [-0.05, 0) is 30.2 Å². The second-order valence-corrected chi connectivity index (χ2v) is 12.1. The second-order valence-electron chi connectivity index (χ2n) is 6.70. The molecule has 7 nitrogen and oxygen atoms in total. The molecule has 3 rings (SSSR count). The number of hydrogen-bond acceptors (Lipinski definition) is 8. The maximum Gasteiger partial charge on any atom is 0.252 e. The van der Waals surface area contributed by atoms with E-state index >= 15 is 0 Å². The molecular formula is C16H22N4O3S4. The summed E-state index contributed by atoms with van der Waals surface area (Å²) in [7, 11) is -3.53. The van der Waals surface area contributed by atoms with Crippen LogP contribution in [0.3, 0.4) is 0 Å². The number of amides is 1. The van der Waals surface area contributed by atoms with Crippen LogP contribution in [0.2, 0.25) is 0 Å². The van der Waals surface area contributed by atoms with Gasteiger partial charge in [-0.25, -0.2) is 8.42 Å². The molecule has 1 fully saturated rings. The van der Waals surface area contributed by atoms with E-state index in [1.807, 2.05) is 0 Å². The molecule has 0 spiro atoms. The van der Waals surface area contributed by atoms with Gasteiger partial charge in [-0.15, -0.1) is 21.5 Å². The Labute approximate surface area is 171 Å².